The van der Waals surface area contributed by atoms with E-state index in [1.165, 1.54) is 71.0 Å². The molecule has 0 aromatic carbocycles. The lowest BCUT2D eigenvalue weighted by atomic mass is 9.65. The van der Waals surface area contributed by atoms with Crippen LogP contribution in [0.1, 0.15) is 86.0 Å². The van der Waals surface area contributed by atoms with Crippen molar-refractivity contribution in [2.75, 3.05) is 32.7 Å². The fourth-order valence-corrected chi connectivity index (χ4v) is 5.80. The van der Waals surface area contributed by atoms with Crippen LogP contribution >= 0.6 is 0 Å². The van der Waals surface area contributed by atoms with Gasteiger partial charge in [-0.25, -0.2) is 0 Å². The van der Waals surface area contributed by atoms with Crippen molar-refractivity contribution in [3.05, 3.63) is 0 Å². The van der Waals surface area contributed by atoms with E-state index in [4.69, 9.17) is 0 Å². The number of piperidine rings is 2. The number of likely N-dealkylation sites (tertiary alicyclic amines) is 2. The number of hydrogen-bond acceptors (Lipinski definition) is 2. The van der Waals surface area contributed by atoms with E-state index in [9.17, 15) is 4.79 Å². The topological polar surface area (TPSA) is 23.6 Å². The molecule has 0 aromatic rings. The summed E-state index contributed by atoms with van der Waals surface area (Å²) in [6, 6.07) is 0. The van der Waals surface area contributed by atoms with Gasteiger partial charge < -0.3 is 9.80 Å². The van der Waals surface area contributed by atoms with Crippen molar-refractivity contribution in [1.82, 2.24) is 9.80 Å². The summed E-state index contributed by atoms with van der Waals surface area (Å²) in [6.45, 7) is 16.9. The van der Waals surface area contributed by atoms with Crippen molar-refractivity contribution in [2.24, 2.45) is 28.6 Å². The predicted molar refractivity (Wildman–Crippen MR) is 114 cm³/mol. The van der Waals surface area contributed by atoms with Crippen LogP contribution in [0.15, 0.2) is 0 Å². The van der Waals surface area contributed by atoms with Crippen LogP contribution in [0.4, 0.5) is 0 Å². The zero-order valence-electron chi connectivity index (χ0n) is 18.7. The Hall–Kier alpha value is -0.570. The largest absolute Gasteiger partial charge is 0.342 e. The highest BCUT2D eigenvalue weighted by Crippen LogP contribution is 2.47. The van der Waals surface area contributed by atoms with Crippen molar-refractivity contribution in [1.29, 1.82) is 0 Å². The third-order valence-corrected chi connectivity index (χ3v) is 8.01. The van der Waals surface area contributed by atoms with Gasteiger partial charge in [0.1, 0.15) is 0 Å². The lowest BCUT2D eigenvalue weighted by Crippen LogP contribution is -2.48. The average Bonchev–Trinajstić information content (AvgIpc) is 2.64. The molecule has 156 valence electrons. The molecular weight excluding hydrogens is 332 g/mol. The molecule has 1 spiro atoms. The van der Waals surface area contributed by atoms with E-state index in [0.717, 1.165) is 30.8 Å². The Morgan fingerprint density at radius 2 is 1.48 bits per heavy atom. The summed E-state index contributed by atoms with van der Waals surface area (Å²) < 4.78 is 0. The van der Waals surface area contributed by atoms with Gasteiger partial charge in [0.05, 0.1) is 0 Å². The smallest absolute Gasteiger partial charge is 0.227 e. The molecule has 2 saturated heterocycles. The van der Waals surface area contributed by atoms with Gasteiger partial charge in [-0.15, -0.1) is 0 Å². The van der Waals surface area contributed by atoms with Gasteiger partial charge in [0.2, 0.25) is 5.91 Å². The molecular formula is C24H44N2O. The van der Waals surface area contributed by atoms with Crippen LogP contribution in [0, 0.1) is 28.6 Å². The van der Waals surface area contributed by atoms with Crippen LogP contribution in [0.25, 0.3) is 0 Å². The Bertz CT molecular complexity index is 481. The number of carbonyl (C=O) groups excluding carboxylic acids is 1. The molecule has 0 atom stereocenters. The van der Waals surface area contributed by atoms with Gasteiger partial charge in [-0.1, -0.05) is 34.6 Å². The number of rotatable bonds is 3. The second kappa shape index (κ2) is 8.43. The highest BCUT2D eigenvalue weighted by molar-refractivity contribution is 5.81. The molecule has 2 heterocycles. The van der Waals surface area contributed by atoms with Crippen molar-refractivity contribution < 1.29 is 4.79 Å². The fraction of sp³-hybridized carbons (Fsp3) is 0.958. The minimum atomic E-state index is -0.231. The van der Waals surface area contributed by atoms with Gasteiger partial charge in [-0.2, -0.15) is 0 Å². The Kier molecular flexibility index (Phi) is 6.60. The van der Waals surface area contributed by atoms with Gasteiger partial charge in [-0.05, 0) is 87.6 Å². The number of nitrogens with zero attached hydrogens (tertiary/aromatic N) is 2. The summed E-state index contributed by atoms with van der Waals surface area (Å²) in [5.41, 5.74) is 0.320. The van der Waals surface area contributed by atoms with Crippen molar-refractivity contribution in [3.63, 3.8) is 0 Å². The molecule has 3 heteroatoms. The Morgan fingerprint density at radius 1 is 0.926 bits per heavy atom. The second-order valence-electron chi connectivity index (χ2n) is 11.4. The Morgan fingerprint density at radius 3 is 1.96 bits per heavy atom. The first-order valence-corrected chi connectivity index (χ1v) is 11.7. The van der Waals surface area contributed by atoms with Gasteiger partial charge in [-0.3, -0.25) is 4.79 Å². The van der Waals surface area contributed by atoms with Gasteiger partial charge in [0.15, 0.2) is 0 Å². The molecule has 3 nitrogen and oxygen atoms in total. The normalized spacial score (nSPS) is 26.1. The highest BCUT2D eigenvalue weighted by Gasteiger charge is 2.40. The van der Waals surface area contributed by atoms with Crippen LogP contribution in [-0.2, 0) is 4.79 Å². The predicted octanol–water partition coefficient (Wildman–Crippen LogP) is 5.20. The second-order valence-corrected chi connectivity index (χ2v) is 11.4. The molecule has 2 aliphatic heterocycles. The molecule has 0 N–H and O–H groups in total. The maximum Gasteiger partial charge on any atom is 0.227 e. The number of amides is 1. The van der Waals surface area contributed by atoms with E-state index in [1.54, 1.807) is 0 Å². The lowest BCUT2D eigenvalue weighted by Gasteiger charge is -2.47. The number of hydrogen-bond donors (Lipinski definition) is 0. The van der Waals surface area contributed by atoms with E-state index in [0.29, 0.717) is 11.3 Å². The monoisotopic (exact) mass is 376 g/mol. The molecule has 1 saturated carbocycles. The Labute approximate surface area is 168 Å². The van der Waals surface area contributed by atoms with Gasteiger partial charge in [0, 0.05) is 25.0 Å². The van der Waals surface area contributed by atoms with Crippen LogP contribution in [0.2, 0.25) is 0 Å². The molecule has 0 aromatic heterocycles. The van der Waals surface area contributed by atoms with Crippen LogP contribution in [0.5, 0.6) is 0 Å². The first kappa shape index (κ1) is 21.1. The molecule has 1 aliphatic carbocycles. The fourth-order valence-electron chi connectivity index (χ4n) is 5.80. The van der Waals surface area contributed by atoms with Crippen LogP contribution in [-0.4, -0.2) is 48.4 Å². The summed E-state index contributed by atoms with van der Waals surface area (Å²) in [5, 5.41) is 0. The maximum atomic E-state index is 12.5. The van der Waals surface area contributed by atoms with E-state index in [-0.39, 0.29) is 5.41 Å². The van der Waals surface area contributed by atoms with Crippen molar-refractivity contribution in [3.8, 4) is 0 Å². The van der Waals surface area contributed by atoms with Crippen molar-refractivity contribution in [2.45, 2.75) is 86.0 Å². The molecule has 27 heavy (non-hydrogen) atoms. The molecule has 0 radical (unpaired) electrons. The Balaban J connectivity index is 1.40. The molecule has 1 amide bonds. The van der Waals surface area contributed by atoms with Crippen molar-refractivity contribution >= 4 is 5.91 Å². The standard InChI is InChI=1S/C24H44N2O/c1-19(2)21-8-14-25(15-9-21)18-20-6-10-24(11-7-20)12-16-26(17-13-24)22(27)23(3,4)5/h19-21H,6-18H2,1-5H3. The summed E-state index contributed by atoms with van der Waals surface area (Å²) in [7, 11) is 0. The summed E-state index contributed by atoms with van der Waals surface area (Å²) in [5.74, 6) is 3.07. The van der Waals surface area contributed by atoms with Crippen LogP contribution in [0.3, 0.4) is 0 Å². The first-order chi connectivity index (χ1) is 12.7. The molecule has 3 aliphatic rings. The number of carbonyl (C=O) groups is 1. The summed E-state index contributed by atoms with van der Waals surface area (Å²) in [6.07, 6.45) is 10.9. The summed E-state index contributed by atoms with van der Waals surface area (Å²) >= 11 is 0. The lowest BCUT2D eigenvalue weighted by molar-refractivity contribution is -0.142. The highest BCUT2D eigenvalue weighted by atomic mass is 16.2. The van der Waals surface area contributed by atoms with E-state index in [2.05, 4.69) is 44.4 Å². The summed E-state index contributed by atoms with van der Waals surface area (Å²) in [4.78, 5) is 17.4. The molecule has 3 rings (SSSR count). The maximum absolute atomic E-state index is 12.5. The SMILES string of the molecule is CC(C)C1CCN(CC2CCC3(CC2)CCN(C(=O)C(C)(C)C)CC3)CC1. The zero-order chi connectivity index (χ0) is 19.7. The van der Waals surface area contributed by atoms with E-state index >= 15 is 0 Å². The quantitative estimate of drug-likeness (QED) is 0.676. The average molecular weight is 377 g/mol. The minimum absolute atomic E-state index is 0.231. The van der Waals surface area contributed by atoms with Gasteiger partial charge >= 0.3 is 0 Å². The molecule has 3 fully saturated rings. The molecule has 0 bridgehead atoms. The third-order valence-electron chi connectivity index (χ3n) is 8.01. The van der Waals surface area contributed by atoms with E-state index in [1.807, 2.05) is 0 Å². The molecule has 0 unspecified atom stereocenters. The van der Waals surface area contributed by atoms with Crippen LogP contribution < -0.4 is 0 Å². The third kappa shape index (κ3) is 5.28. The van der Waals surface area contributed by atoms with E-state index < -0.39 is 0 Å². The zero-order valence-corrected chi connectivity index (χ0v) is 18.7. The minimum Gasteiger partial charge on any atom is -0.342 e. The first-order valence-electron chi connectivity index (χ1n) is 11.7. The van der Waals surface area contributed by atoms with Gasteiger partial charge in [0.25, 0.3) is 0 Å².